The van der Waals surface area contributed by atoms with Crippen molar-refractivity contribution in [3.63, 3.8) is 0 Å². The lowest BCUT2D eigenvalue weighted by molar-refractivity contribution is 0.234. The number of hydrogen-bond acceptors (Lipinski definition) is 3. The molecule has 2 aromatic rings. The van der Waals surface area contributed by atoms with E-state index in [4.69, 9.17) is 4.52 Å². The Labute approximate surface area is 162 Å². The Morgan fingerprint density at radius 3 is 2.70 bits per heavy atom. The monoisotopic (exact) mass is 368 g/mol. The van der Waals surface area contributed by atoms with Crippen LogP contribution in [0, 0.1) is 19.8 Å². The van der Waals surface area contributed by atoms with Crippen LogP contribution in [-0.2, 0) is 6.42 Å². The van der Waals surface area contributed by atoms with Gasteiger partial charge in [0.25, 0.3) is 0 Å². The SMILES string of the molecule is CN=C(NCCCc1c(C)noc1C)N1CCC(c2ccccc2)C(C)C1. The smallest absolute Gasteiger partial charge is 0.193 e. The highest BCUT2D eigenvalue weighted by Crippen LogP contribution is 2.32. The lowest BCUT2D eigenvalue weighted by atomic mass is 9.82. The van der Waals surface area contributed by atoms with Crippen LogP contribution in [-0.4, -0.2) is 42.7 Å². The van der Waals surface area contributed by atoms with Crippen molar-refractivity contribution in [1.82, 2.24) is 15.4 Å². The number of rotatable bonds is 5. The molecular weight excluding hydrogens is 336 g/mol. The lowest BCUT2D eigenvalue weighted by Crippen LogP contribution is -2.48. The van der Waals surface area contributed by atoms with E-state index in [1.165, 1.54) is 17.5 Å². The number of aryl methyl sites for hydroxylation is 2. The highest BCUT2D eigenvalue weighted by Gasteiger charge is 2.28. The van der Waals surface area contributed by atoms with Crippen molar-refractivity contribution >= 4 is 5.96 Å². The molecule has 0 amide bonds. The van der Waals surface area contributed by atoms with E-state index in [0.29, 0.717) is 11.8 Å². The van der Waals surface area contributed by atoms with Crippen molar-refractivity contribution in [1.29, 1.82) is 0 Å². The average Bonchev–Trinajstić information content (AvgIpc) is 3.00. The van der Waals surface area contributed by atoms with Gasteiger partial charge in [-0.2, -0.15) is 0 Å². The van der Waals surface area contributed by atoms with Crippen LogP contribution in [0.1, 0.15) is 48.3 Å². The summed E-state index contributed by atoms with van der Waals surface area (Å²) in [6, 6.07) is 10.9. The largest absolute Gasteiger partial charge is 0.361 e. The fourth-order valence-corrected chi connectivity index (χ4v) is 4.19. The van der Waals surface area contributed by atoms with Crippen molar-refractivity contribution in [2.75, 3.05) is 26.7 Å². The molecule has 1 fully saturated rings. The molecule has 0 spiro atoms. The summed E-state index contributed by atoms with van der Waals surface area (Å²) >= 11 is 0. The standard InChI is InChI=1S/C22H32N4O/c1-16-15-26(14-12-20(16)19-9-6-5-7-10-19)22(23-4)24-13-8-11-21-17(2)25-27-18(21)3/h5-7,9-10,16,20H,8,11-15H2,1-4H3,(H,23,24). The maximum atomic E-state index is 5.25. The predicted molar refractivity (Wildman–Crippen MR) is 110 cm³/mol. The van der Waals surface area contributed by atoms with Gasteiger partial charge >= 0.3 is 0 Å². The van der Waals surface area contributed by atoms with Crippen LogP contribution in [0.15, 0.2) is 39.8 Å². The fourth-order valence-electron chi connectivity index (χ4n) is 4.19. The summed E-state index contributed by atoms with van der Waals surface area (Å²) in [5.74, 6) is 3.21. The molecular formula is C22H32N4O. The third kappa shape index (κ3) is 4.71. The van der Waals surface area contributed by atoms with Gasteiger partial charge in [-0.25, -0.2) is 0 Å². The maximum absolute atomic E-state index is 5.25. The number of aliphatic imine (C=N–C) groups is 1. The van der Waals surface area contributed by atoms with Gasteiger partial charge in [0.15, 0.2) is 5.96 Å². The summed E-state index contributed by atoms with van der Waals surface area (Å²) in [7, 11) is 1.88. The zero-order valence-corrected chi connectivity index (χ0v) is 17.0. The predicted octanol–water partition coefficient (Wildman–Crippen LogP) is 3.93. The second kappa shape index (κ2) is 9.07. The van der Waals surface area contributed by atoms with Crippen molar-refractivity contribution in [3.05, 3.63) is 52.9 Å². The lowest BCUT2D eigenvalue weighted by Gasteiger charge is -2.39. The molecule has 5 nitrogen and oxygen atoms in total. The number of nitrogens with zero attached hydrogens (tertiary/aromatic N) is 3. The molecule has 27 heavy (non-hydrogen) atoms. The first-order valence-electron chi connectivity index (χ1n) is 10.0. The van der Waals surface area contributed by atoms with Gasteiger partial charge in [-0.3, -0.25) is 4.99 Å². The summed E-state index contributed by atoms with van der Waals surface area (Å²) < 4.78 is 5.25. The number of hydrogen-bond donors (Lipinski definition) is 1. The topological polar surface area (TPSA) is 53.7 Å². The summed E-state index contributed by atoms with van der Waals surface area (Å²) in [6.07, 6.45) is 3.19. The summed E-state index contributed by atoms with van der Waals surface area (Å²) in [6.45, 7) is 9.35. The highest BCUT2D eigenvalue weighted by atomic mass is 16.5. The van der Waals surface area contributed by atoms with E-state index in [0.717, 1.165) is 49.9 Å². The van der Waals surface area contributed by atoms with Crippen LogP contribution < -0.4 is 5.32 Å². The molecule has 1 aliphatic rings. The minimum absolute atomic E-state index is 0.613. The summed E-state index contributed by atoms with van der Waals surface area (Å²) in [4.78, 5) is 6.92. The van der Waals surface area contributed by atoms with Crippen LogP contribution in [0.5, 0.6) is 0 Å². The average molecular weight is 369 g/mol. The molecule has 0 bridgehead atoms. The minimum atomic E-state index is 0.613. The normalized spacial score (nSPS) is 20.7. The Morgan fingerprint density at radius 1 is 1.30 bits per heavy atom. The molecule has 0 radical (unpaired) electrons. The molecule has 1 N–H and O–H groups in total. The molecule has 1 aromatic carbocycles. The van der Waals surface area contributed by atoms with Gasteiger partial charge < -0.3 is 14.7 Å². The van der Waals surface area contributed by atoms with E-state index in [9.17, 15) is 0 Å². The van der Waals surface area contributed by atoms with Crippen molar-refractivity contribution in [2.45, 2.75) is 46.0 Å². The first kappa shape index (κ1) is 19.5. The molecule has 1 aliphatic heterocycles. The van der Waals surface area contributed by atoms with Crippen molar-refractivity contribution in [3.8, 4) is 0 Å². The molecule has 0 saturated carbocycles. The van der Waals surface area contributed by atoms with Gasteiger partial charge in [0, 0.05) is 32.2 Å². The quantitative estimate of drug-likeness (QED) is 0.494. The van der Waals surface area contributed by atoms with E-state index in [2.05, 4.69) is 57.6 Å². The molecule has 1 saturated heterocycles. The number of aromatic nitrogens is 1. The van der Waals surface area contributed by atoms with Crippen LogP contribution in [0.3, 0.4) is 0 Å². The van der Waals surface area contributed by atoms with Gasteiger partial charge in [-0.05, 0) is 50.5 Å². The summed E-state index contributed by atoms with van der Waals surface area (Å²) in [5, 5.41) is 7.57. The van der Waals surface area contributed by atoms with E-state index in [-0.39, 0.29) is 0 Å². The zero-order chi connectivity index (χ0) is 19.2. The maximum Gasteiger partial charge on any atom is 0.193 e. The molecule has 3 rings (SSSR count). The van der Waals surface area contributed by atoms with Crippen molar-refractivity contribution < 1.29 is 4.52 Å². The van der Waals surface area contributed by atoms with E-state index in [1.54, 1.807) is 0 Å². The van der Waals surface area contributed by atoms with Gasteiger partial charge in [-0.15, -0.1) is 0 Å². The number of nitrogens with one attached hydrogen (secondary N) is 1. The molecule has 2 heterocycles. The second-order valence-corrected chi connectivity index (χ2v) is 7.61. The Hall–Kier alpha value is -2.30. The highest BCUT2D eigenvalue weighted by molar-refractivity contribution is 5.80. The first-order chi connectivity index (χ1) is 13.1. The van der Waals surface area contributed by atoms with Crippen molar-refractivity contribution in [2.24, 2.45) is 10.9 Å². The van der Waals surface area contributed by atoms with Crippen LogP contribution >= 0.6 is 0 Å². The number of piperidine rings is 1. The van der Waals surface area contributed by atoms with Gasteiger partial charge in [0.2, 0.25) is 0 Å². The Kier molecular flexibility index (Phi) is 6.54. The molecule has 146 valence electrons. The first-order valence-corrected chi connectivity index (χ1v) is 10.0. The van der Waals surface area contributed by atoms with E-state index in [1.807, 2.05) is 20.9 Å². The second-order valence-electron chi connectivity index (χ2n) is 7.61. The number of guanidine groups is 1. The molecule has 2 atom stereocenters. The Bertz CT molecular complexity index is 733. The van der Waals surface area contributed by atoms with Crippen LogP contribution in [0.2, 0.25) is 0 Å². The summed E-state index contributed by atoms with van der Waals surface area (Å²) in [5.41, 5.74) is 3.71. The number of benzene rings is 1. The molecule has 5 heteroatoms. The fraction of sp³-hybridized carbons (Fsp3) is 0.545. The van der Waals surface area contributed by atoms with Gasteiger partial charge in [0.05, 0.1) is 5.69 Å². The van der Waals surface area contributed by atoms with E-state index >= 15 is 0 Å². The third-order valence-corrected chi connectivity index (χ3v) is 5.71. The zero-order valence-electron chi connectivity index (χ0n) is 17.0. The Balaban J connectivity index is 1.49. The number of likely N-dealkylation sites (tertiary alicyclic amines) is 1. The Morgan fingerprint density at radius 2 is 2.07 bits per heavy atom. The van der Waals surface area contributed by atoms with Crippen LogP contribution in [0.4, 0.5) is 0 Å². The molecule has 0 aliphatic carbocycles. The van der Waals surface area contributed by atoms with Gasteiger partial charge in [0.1, 0.15) is 5.76 Å². The minimum Gasteiger partial charge on any atom is -0.361 e. The van der Waals surface area contributed by atoms with E-state index < -0.39 is 0 Å². The molecule has 2 unspecified atom stereocenters. The third-order valence-electron chi connectivity index (χ3n) is 5.71. The van der Waals surface area contributed by atoms with Crippen LogP contribution in [0.25, 0.3) is 0 Å². The molecule has 1 aromatic heterocycles. The van der Waals surface area contributed by atoms with Gasteiger partial charge in [-0.1, -0.05) is 42.4 Å².